The van der Waals surface area contributed by atoms with Crippen molar-refractivity contribution < 1.29 is 5.11 Å². The van der Waals surface area contributed by atoms with Crippen molar-refractivity contribution in [2.75, 3.05) is 0 Å². The molecule has 2 fully saturated rings. The average Bonchev–Trinajstić information content (AvgIpc) is 2.60. The molecule has 2 bridgehead atoms. The van der Waals surface area contributed by atoms with E-state index in [0.29, 0.717) is 12.1 Å². The zero-order chi connectivity index (χ0) is 10.3. The Morgan fingerprint density at radius 2 is 1.75 bits per heavy atom. The Morgan fingerprint density at radius 3 is 2.31 bits per heavy atom. The third-order valence-electron chi connectivity index (χ3n) is 3.60. The summed E-state index contributed by atoms with van der Waals surface area (Å²) in [5.41, 5.74) is 0.154. The van der Waals surface area contributed by atoms with Gasteiger partial charge >= 0.3 is 0 Å². The van der Waals surface area contributed by atoms with Crippen LogP contribution in [0.4, 0.5) is 0 Å². The number of aliphatic hydroxyl groups is 1. The van der Waals surface area contributed by atoms with Crippen molar-refractivity contribution in [3.63, 3.8) is 0 Å². The van der Waals surface area contributed by atoms with Crippen LogP contribution in [0.25, 0.3) is 0 Å². The van der Waals surface area contributed by atoms with Gasteiger partial charge in [-0.2, -0.15) is 0 Å². The molecule has 4 nitrogen and oxygen atoms in total. The van der Waals surface area contributed by atoms with Crippen LogP contribution in [-0.2, 0) is 5.60 Å². The number of nitrogens with one attached hydrogen (secondary N) is 1. The minimum atomic E-state index is -0.710. The first-order chi connectivity index (χ1) is 7.26. The molecule has 0 aliphatic carbocycles. The van der Waals surface area contributed by atoms with Crippen molar-refractivity contribution in [1.29, 1.82) is 0 Å². The van der Waals surface area contributed by atoms with Gasteiger partial charge in [0.2, 0.25) is 0 Å². The highest BCUT2D eigenvalue weighted by Crippen LogP contribution is 2.39. The van der Waals surface area contributed by atoms with Crippen LogP contribution in [0.2, 0.25) is 0 Å². The number of fused-ring (bicyclic) bond motifs is 2. The second-order valence-electron chi connectivity index (χ2n) is 4.70. The molecule has 0 amide bonds. The molecule has 2 N–H and O–H groups in total. The summed E-state index contributed by atoms with van der Waals surface area (Å²) in [5, 5.41) is 14.1. The highest BCUT2D eigenvalue weighted by molar-refractivity contribution is 5.85. The highest BCUT2D eigenvalue weighted by atomic mass is 35.5. The predicted octanol–water partition coefficient (Wildman–Crippen LogP) is 1.00. The number of aromatic nitrogens is 2. The summed E-state index contributed by atoms with van der Waals surface area (Å²) in [6.07, 6.45) is 8.91. The van der Waals surface area contributed by atoms with Gasteiger partial charge in [0.15, 0.2) is 0 Å². The first kappa shape index (κ1) is 11.8. The molecule has 3 heterocycles. The zero-order valence-corrected chi connectivity index (χ0v) is 9.78. The van der Waals surface area contributed by atoms with Gasteiger partial charge in [-0.05, 0) is 25.7 Å². The van der Waals surface area contributed by atoms with Gasteiger partial charge in [0.1, 0.15) is 6.33 Å². The van der Waals surface area contributed by atoms with E-state index in [9.17, 15) is 5.11 Å². The molecule has 16 heavy (non-hydrogen) atoms. The fourth-order valence-corrected chi connectivity index (χ4v) is 2.90. The van der Waals surface area contributed by atoms with E-state index in [2.05, 4.69) is 15.3 Å². The number of nitrogens with zero attached hydrogens (tertiary/aromatic N) is 2. The maximum absolute atomic E-state index is 10.6. The van der Waals surface area contributed by atoms with Crippen LogP contribution in [0.15, 0.2) is 18.7 Å². The minimum Gasteiger partial charge on any atom is -0.385 e. The second kappa shape index (κ2) is 4.28. The summed E-state index contributed by atoms with van der Waals surface area (Å²) in [6, 6.07) is 0.933. The molecule has 0 saturated carbocycles. The third kappa shape index (κ3) is 1.93. The van der Waals surface area contributed by atoms with Crippen LogP contribution >= 0.6 is 12.4 Å². The van der Waals surface area contributed by atoms with Crippen LogP contribution in [0, 0.1) is 0 Å². The lowest BCUT2D eigenvalue weighted by atomic mass is 9.83. The van der Waals surface area contributed by atoms with Gasteiger partial charge in [0.25, 0.3) is 0 Å². The van der Waals surface area contributed by atoms with Crippen molar-refractivity contribution in [1.82, 2.24) is 15.3 Å². The molecule has 3 rings (SSSR count). The highest BCUT2D eigenvalue weighted by Gasteiger charge is 2.43. The lowest BCUT2D eigenvalue weighted by Crippen LogP contribution is -2.46. The molecule has 2 unspecified atom stereocenters. The molecular weight excluding hydrogens is 226 g/mol. The van der Waals surface area contributed by atoms with E-state index < -0.39 is 5.60 Å². The molecule has 0 aromatic carbocycles. The predicted molar refractivity (Wildman–Crippen MR) is 62.4 cm³/mol. The zero-order valence-electron chi connectivity index (χ0n) is 8.97. The summed E-state index contributed by atoms with van der Waals surface area (Å²) in [5.74, 6) is 0. The maximum atomic E-state index is 10.6. The van der Waals surface area contributed by atoms with E-state index in [1.54, 1.807) is 12.4 Å². The molecule has 2 aliphatic heterocycles. The van der Waals surface area contributed by atoms with E-state index in [0.717, 1.165) is 18.4 Å². The summed E-state index contributed by atoms with van der Waals surface area (Å²) < 4.78 is 0. The molecule has 2 atom stereocenters. The van der Waals surface area contributed by atoms with Gasteiger partial charge in [-0.15, -0.1) is 12.4 Å². The second-order valence-corrected chi connectivity index (χ2v) is 4.70. The third-order valence-corrected chi connectivity index (χ3v) is 3.60. The first-order valence-electron chi connectivity index (χ1n) is 5.50. The number of hydrogen-bond acceptors (Lipinski definition) is 4. The molecular formula is C11H16ClN3O. The minimum absolute atomic E-state index is 0. The number of hydrogen-bond donors (Lipinski definition) is 2. The number of piperidine rings is 1. The van der Waals surface area contributed by atoms with E-state index in [1.165, 1.54) is 19.2 Å². The summed E-state index contributed by atoms with van der Waals surface area (Å²) in [4.78, 5) is 7.97. The summed E-state index contributed by atoms with van der Waals surface area (Å²) in [7, 11) is 0. The summed E-state index contributed by atoms with van der Waals surface area (Å²) in [6.45, 7) is 0. The normalized spacial score (nSPS) is 36.8. The van der Waals surface area contributed by atoms with Gasteiger partial charge in [-0.3, -0.25) is 0 Å². The Hall–Kier alpha value is -0.710. The molecule has 1 aromatic heterocycles. The van der Waals surface area contributed by atoms with E-state index in [1.807, 2.05) is 0 Å². The van der Waals surface area contributed by atoms with Crippen molar-refractivity contribution in [3.8, 4) is 0 Å². The summed E-state index contributed by atoms with van der Waals surface area (Å²) >= 11 is 0. The topological polar surface area (TPSA) is 58.0 Å². The van der Waals surface area contributed by atoms with Crippen LogP contribution in [0.5, 0.6) is 0 Å². The van der Waals surface area contributed by atoms with Gasteiger partial charge < -0.3 is 10.4 Å². The van der Waals surface area contributed by atoms with E-state index in [4.69, 9.17) is 0 Å². The van der Waals surface area contributed by atoms with Crippen LogP contribution in [-0.4, -0.2) is 27.2 Å². The Kier molecular flexibility index (Phi) is 3.15. The van der Waals surface area contributed by atoms with E-state index >= 15 is 0 Å². The Labute approximate surface area is 101 Å². The molecule has 0 spiro atoms. The lowest BCUT2D eigenvalue weighted by molar-refractivity contribution is -0.0120. The molecule has 2 saturated heterocycles. The van der Waals surface area contributed by atoms with Gasteiger partial charge in [-0.1, -0.05) is 0 Å². The van der Waals surface area contributed by atoms with E-state index in [-0.39, 0.29) is 12.4 Å². The fourth-order valence-electron chi connectivity index (χ4n) is 2.90. The number of rotatable bonds is 1. The van der Waals surface area contributed by atoms with Crippen molar-refractivity contribution in [2.45, 2.75) is 43.4 Å². The van der Waals surface area contributed by atoms with Crippen molar-refractivity contribution in [2.24, 2.45) is 0 Å². The molecule has 88 valence electrons. The average molecular weight is 242 g/mol. The van der Waals surface area contributed by atoms with Crippen LogP contribution < -0.4 is 5.32 Å². The van der Waals surface area contributed by atoms with Gasteiger partial charge in [0.05, 0.1) is 5.60 Å². The van der Waals surface area contributed by atoms with Crippen molar-refractivity contribution in [3.05, 3.63) is 24.3 Å². The van der Waals surface area contributed by atoms with Crippen LogP contribution in [0.3, 0.4) is 0 Å². The SMILES string of the molecule is Cl.OC1(c2cncnc2)CC2CCC(C1)N2. The van der Waals surface area contributed by atoms with Gasteiger partial charge in [-0.25, -0.2) is 9.97 Å². The standard InChI is InChI=1S/C11H15N3O.ClH/c15-11(8-5-12-7-13-6-8)3-9-1-2-10(4-11)14-9;/h5-7,9-10,14-15H,1-4H2;1H. The molecule has 5 heteroatoms. The quantitative estimate of drug-likeness (QED) is 0.770. The van der Waals surface area contributed by atoms with Crippen LogP contribution in [0.1, 0.15) is 31.2 Å². The smallest absolute Gasteiger partial charge is 0.115 e. The molecule has 1 aromatic rings. The lowest BCUT2D eigenvalue weighted by Gasteiger charge is -2.36. The largest absolute Gasteiger partial charge is 0.385 e. The Morgan fingerprint density at radius 1 is 1.19 bits per heavy atom. The molecule has 2 aliphatic rings. The monoisotopic (exact) mass is 241 g/mol. The first-order valence-corrected chi connectivity index (χ1v) is 5.50. The fraction of sp³-hybridized carbons (Fsp3) is 0.636. The Balaban J connectivity index is 0.000000963. The Bertz CT molecular complexity index is 348. The van der Waals surface area contributed by atoms with Crippen molar-refractivity contribution >= 4 is 12.4 Å². The molecule has 0 radical (unpaired) electrons. The maximum Gasteiger partial charge on any atom is 0.115 e. The van der Waals surface area contributed by atoms with Gasteiger partial charge in [0, 0.05) is 30.0 Å². The number of halogens is 1.